The summed E-state index contributed by atoms with van der Waals surface area (Å²) in [6, 6.07) is 14.5. The van der Waals surface area contributed by atoms with Crippen LogP contribution >= 0.6 is 0 Å². The van der Waals surface area contributed by atoms with E-state index in [4.69, 9.17) is 4.74 Å². The van der Waals surface area contributed by atoms with Gasteiger partial charge in [-0.2, -0.15) is 0 Å². The molecule has 0 bridgehead atoms. The average molecular weight is 381 g/mol. The van der Waals surface area contributed by atoms with Crippen LogP contribution in [0.2, 0.25) is 0 Å². The van der Waals surface area contributed by atoms with E-state index in [2.05, 4.69) is 22.5 Å². The maximum absolute atomic E-state index is 12.5. The molecule has 0 aliphatic carbocycles. The highest BCUT2D eigenvalue weighted by molar-refractivity contribution is 6.06. The van der Waals surface area contributed by atoms with E-state index < -0.39 is 0 Å². The van der Waals surface area contributed by atoms with E-state index in [1.54, 1.807) is 24.3 Å². The molecule has 1 heterocycles. The summed E-state index contributed by atoms with van der Waals surface area (Å²) in [6.45, 7) is 6.72. The predicted octanol–water partition coefficient (Wildman–Crippen LogP) is 2.56. The molecule has 1 aliphatic heterocycles. The molecule has 0 atom stereocenters. The molecule has 6 nitrogen and oxygen atoms in total. The molecule has 148 valence electrons. The second-order valence-electron chi connectivity index (χ2n) is 6.80. The normalized spacial score (nSPS) is 14.5. The van der Waals surface area contributed by atoms with Gasteiger partial charge in [-0.15, -0.1) is 0 Å². The molecule has 1 aliphatic rings. The summed E-state index contributed by atoms with van der Waals surface area (Å²) in [5.74, 6) is -0.401. The molecule has 6 heteroatoms. The van der Waals surface area contributed by atoms with Crippen LogP contribution in [0.5, 0.6) is 0 Å². The van der Waals surface area contributed by atoms with E-state index in [-0.39, 0.29) is 11.8 Å². The van der Waals surface area contributed by atoms with Crippen LogP contribution in [-0.4, -0.2) is 56.1 Å². The standard InChI is InChI=1S/C22H27N3O3/c1-2-17-6-8-20(9-7-17)24-22(27)19-5-3-4-18(16-19)21(26)23-10-11-25-12-14-28-15-13-25/h3-9,16H,2,10-15H2,1H3,(H,23,26)(H,24,27). The molecule has 2 aromatic carbocycles. The number of anilines is 1. The molecule has 2 aromatic rings. The van der Waals surface area contributed by atoms with Crippen molar-refractivity contribution in [1.82, 2.24) is 10.2 Å². The Morgan fingerprint density at radius 2 is 1.68 bits per heavy atom. The molecule has 0 radical (unpaired) electrons. The Morgan fingerprint density at radius 1 is 1.00 bits per heavy atom. The number of benzene rings is 2. The number of carbonyl (C=O) groups excluding carboxylic acids is 2. The zero-order chi connectivity index (χ0) is 19.8. The lowest BCUT2D eigenvalue weighted by Crippen LogP contribution is -2.41. The van der Waals surface area contributed by atoms with Gasteiger partial charge in [0.15, 0.2) is 0 Å². The van der Waals surface area contributed by atoms with Crippen molar-refractivity contribution < 1.29 is 14.3 Å². The quantitative estimate of drug-likeness (QED) is 0.773. The van der Waals surface area contributed by atoms with E-state index in [0.29, 0.717) is 17.7 Å². The number of nitrogens with zero attached hydrogens (tertiary/aromatic N) is 1. The number of rotatable bonds is 7. The molecule has 2 N–H and O–H groups in total. The van der Waals surface area contributed by atoms with Gasteiger partial charge in [0.2, 0.25) is 0 Å². The van der Waals surface area contributed by atoms with E-state index in [0.717, 1.165) is 45.0 Å². The van der Waals surface area contributed by atoms with E-state index in [9.17, 15) is 9.59 Å². The second-order valence-corrected chi connectivity index (χ2v) is 6.80. The second kappa shape index (κ2) is 10.0. The van der Waals surface area contributed by atoms with Gasteiger partial charge in [0.05, 0.1) is 13.2 Å². The molecular weight excluding hydrogens is 354 g/mol. The highest BCUT2D eigenvalue weighted by Gasteiger charge is 2.13. The van der Waals surface area contributed by atoms with Crippen molar-refractivity contribution >= 4 is 17.5 Å². The number of amides is 2. The van der Waals surface area contributed by atoms with Crippen molar-refractivity contribution in [3.63, 3.8) is 0 Å². The fourth-order valence-corrected chi connectivity index (χ4v) is 3.08. The Balaban J connectivity index is 1.54. The number of hydrogen-bond donors (Lipinski definition) is 2. The third-order valence-electron chi connectivity index (χ3n) is 4.82. The Labute approximate surface area is 165 Å². The van der Waals surface area contributed by atoms with Crippen LogP contribution in [0.4, 0.5) is 5.69 Å². The van der Waals surface area contributed by atoms with E-state index in [1.807, 2.05) is 24.3 Å². The van der Waals surface area contributed by atoms with Gasteiger partial charge in [-0.05, 0) is 42.3 Å². The summed E-state index contributed by atoms with van der Waals surface area (Å²) in [5, 5.41) is 5.79. The lowest BCUT2D eigenvalue weighted by atomic mass is 10.1. The molecule has 1 saturated heterocycles. The maximum atomic E-state index is 12.5. The monoisotopic (exact) mass is 381 g/mol. The highest BCUT2D eigenvalue weighted by Crippen LogP contribution is 2.13. The zero-order valence-corrected chi connectivity index (χ0v) is 16.2. The molecule has 0 spiro atoms. The van der Waals surface area contributed by atoms with Crippen molar-refractivity contribution in [3.8, 4) is 0 Å². The van der Waals surface area contributed by atoms with Gasteiger partial charge >= 0.3 is 0 Å². The van der Waals surface area contributed by atoms with Crippen molar-refractivity contribution in [3.05, 3.63) is 65.2 Å². The first-order valence-electron chi connectivity index (χ1n) is 9.74. The molecule has 2 amide bonds. The van der Waals surface area contributed by atoms with Gasteiger partial charge in [-0.1, -0.05) is 25.1 Å². The predicted molar refractivity (Wildman–Crippen MR) is 110 cm³/mol. The highest BCUT2D eigenvalue weighted by atomic mass is 16.5. The Kier molecular flexibility index (Phi) is 7.17. The number of carbonyl (C=O) groups is 2. The summed E-state index contributed by atoms with van der Waals surface area (Å²) in [4.78, 5) is 27.2. The minimum atomic E-state index is -0.229. The van der Waals surface area contributed by atoms with Crippen molar-refractivity contribution in [2.45, 2.75) is 13.3 Å². The number of nitrogens with one attached hydrogen (secondary N) is 2. The largest absolute Gasteiger partial charge is 0.379 e. The zero-order valence-electron chi connectivity index (χ0n) is 16.2. The third kappa shape index (κ3) is 5.65. The van der Waals surface area contributed by atoms with Crippen molar-refractivity contribution in [2.75, 3.05) is 44.7 Å². The topological polar surface area (TPSA) is 70.7 Å². The Bertz CT molecular complexity index is 799. The number of aryl methyl sites for hydroxylation is 1. The van der Waals surface area contributed by atoms with Gasteiger partial charge in [0, 0.05) is 43.0 Å². The lowest BCUT2D eigenvalue weighted by Gasteiger charge is -2.26. The molecule has 0 aromatic heterocycles. The van der Waals surface area contributed by atoms with Gasteiger partial charge in [0.25, 0.3) is 11.8 Å². The van der Waals surface area contributed by atoms with Gasteiger partial charge in [0.1, 0.15) is 0 Å². The van der Waals surface area contributed by atoms with Crippen LogP contribution in [0.3, 0.4) is 0 Å². The molecule has 3 rings (SSSR count). The number of hydrogen-bond acceptors (Lipinski definition) is 4. The summed E-state index contributed by atoms with van der Waals surface area (Å²) >= 11 is 0. The Morgan fingerprint density at radius 3 is 2.36 bits per heavy atom. The summed E-state index contributed by atoms with van der Waals surface area (Å²) < 4.78 is 5.32. The van der Waals surface area contributed by atoms with Gasteiger partial charge < -0.3 is 15.4 Å². The molecule has 1 fully saturated rings. The van der Waals surface area contributed by atoms with Crippen LogP contribution in [0.15, 0.2) is 48.5 Å². The summed E-state index contributed by atoms with van der Waals surface area (Å²) in [5.41, 5.74) is 2.90. The van der Waals surface area contributed by atoms with E-state index >= 15 is 0 Å². The van der Waals surface area contributed by atoms with Crippen LogP contribution in [0, 0.1) is 0 Å². The first kappa shape index (κ1) is 20.0. The van der Waals surface area contributed by atoms with Gasteiger partial charge in [-0.25, -0.2) is 0 Å². The molecule has 28 heavy (non-hydrogen) atoms. The third-order valence-corrected chi connectivity index (χ3v) is 4.82. The van der Waals surface area contributed by atoms with Crippen molar-refractivity contribution in [1.29, 1.82) is 0 Å². The smallest absolute Gasteiger partial charge is 0.255 e. The first-order valence-corrected chi connectivity index (χ1v) is 9.74. The van der Waals surface area contributed by atoms with Crippen LogP contribution in [0.25, 0.3) is 0 Å². The summed E-state index contributed by atoms with van der Waals surface area (Å²) in [7, 11) is 0. The first-order chi connectivity index (χ1) is 13.7. The summed E-state index contributed by atoms with van der Waals surface area (Å²) in [6.07, 6.45) is 0.955. The Hall–Kier alpha value is -2.70. The van der Waals surface area contributed by atoms with Crippen molar-refractivity contribution in [2.24, 2.45) is 0 Å². The van der Waals surface area contributed by atoms with E-state index in [1.165, 1.54) is 5.56 Å². The molecule has 0 unspecified atom stereocenters. The minimum Gasteiger partial charge on any atom is -0.379 e. The van der Waals surface area contributed by atoms with Gasteiger partial charge in [-0.3, -0.25) is 14.5 Å². The molecule has 0 saturated carbocycles. The maximum Gasteiger partial charge on any atom is 0.255 e. The minimum absolute atomic E-state index is 0.171. The van der Waals surface area contributed by atoms with Crippen LogP contribution < -0.4 is 10.6 Å². The fourth-order valence-electron chi connectivity index (χ4n) is 3.08. The number of morpholine rings is 1. The van der Waals surface area contributed by atoms with Crippen LogP contribution in [0.1, 0.15) is 33.2 Å². The van der Waals surface area contributed by atoms with Crippen LogP contribution in [-0.2, 0) is 11.2 Å². The lowest BCUT2D eigenvalue weighted by molar-refractivity contribution is 0.0383. The molecular formula is C22H27N3O3. The SMILES string of the molecule is CCc1ccc(NC(=O)c2cccc(C(=O)NCCN3CCOCC3)c2)cc1. The average Bonchev–Trinajstić information content (AvgIpc) is 2.75. The fraction of sp³-hybridized carbons (Fsp3) is 0.364. The number of ether oxygens (including phenoxy) is 1.